The number of para-hydroxylation sites is 2. The number of fused-ring (bicyclic) bond motifs is 1. The molecule has 0 N–H and O–H groups in total. The fraction of sp³-hybridized carbons (Fsp3) is 0.0769. The van der Waals surface area contributed by atoms with Gasteiger partial charge < -0.3 is 4.42 Å². The van der Waals surface area contributed by atoms with Crippen LogP contribution < -0.4 is 0 Å². The Hall–Kier alpha value is -1.54. The van der Waals surface area contributed by atoms with E-state index in [0.29, 0.717) is 11.5 Å². The van der Waals surface area contributed by atoms with Crippen molar-refractivity contribution >= 4 is 16.9 Å². The van der Waals surface area contributed by atoms with E-state index < -0.39 is 0 Å². The molecule has 1 unspecified atom stereocenters. The van der Waals surface area contributed by atoms with Crippen LogP contribution in [0, 0.1) is 0 Å². The predicted octanol–water partition coefficient (Wildman–Crippen LogP) is 2.60. The van der Waals surface area contributed by atoms with Gasteiger partial charge >= 0.3 is 19.5 Å². The Kier molecular flexibility index (Phi) is 3.34. The molecule has 1 heterocycles. The summed E-state index contributed by atoms with van der Waals surface area (Å²) in [5, 5.41) is 0. The maximum absolute atomic E-state index is 11.6. The Morgan fingerprint density at radius 1 is 1.18 bits per heavy atom. The molecule has 0 aliphatic heterocycles. The van der Waals surface area contributed by atoms with Gasteiger partial charge in [0.25, 0.3) is 0 Å². The molecule has 78 valence electrons. The Bertz CT molecular complexity index is 580. The second kappa shape index (κ2) is 4.76. The maximum atomic E-state index is 11.6. The largest absolute Gasteiger partial charge is 2.00 e. The molecule has 0 amide bonds. The molecule has 3 nitrogen and oxygen atoms in total. The standard InChI is InChI=1S/C13H9NO2.Zn/c15-11-7-3-1-5-9(11)13-14-10-6-2-4-8-12(10)16-13;/h1-9H;/q;+2. The summed E-state index contributed by atoms with van der Waals surface area (Å²) in [6, 6.07) is 7.50. The van der Waals surface area contributed by atoms with Gasteiger partial charge in [-0.1, -0.05) is 30.4 Å². The summed E-state index contributed by atoms with van der Waals surface area (Å²) in [7, 11) is 0. The number of nitrogens with zero attached hydrogens (tertiary/aromatic N) is 1. The second-order valence-electron chi connectivity index (χ2n) is 3.64. The van der Waals surface area contributed by atoms with Crippen LogP contribution in [0.25, 0.3) is 11.1 Å². The zero-order valence-electron chi connectivity index (χ0n) is 9.17. The number of allylic oxidation sites excluding steroid dienone is 4. The molecule has 1 atom stereocenters. The van der Waals surface area contributed by atoms with E-state index >= 15 is 0 Å². The van der Waals surface area contributed by atoms with E-state index in [1.54, 1.807) is 18.2 Å². The van der Waals surface area contributed by atoms with Gasteiger partial charge in [-0.25, -0.2) is 4.98 Å². The molecule has 0 bridgehead atoms. The van der Waals surface area contributed by atoms with E-state index in [4.69, 9.17) is 4.42 Å². The third kappa shape index (κ3) is 2.13. The quantitative estimate of drug-likeness (QED) is 0.752. The van der Waals surface area contributed by atoms with E-state index in [2.05, 4.69) is 4.98 Å². The van der Waals surface area contributed by atoms with Gasteiger partial charge in [0.05, 0.1) is 0 Å². The summed E-state index contributed by atoms with van der Waals surface area (Å²) >= 11 is 0. The van der Waals surface area contributed by atoms with Crippen LogP contribution in [0.4, 0.5) is 0 Å². The average Bonchev–Trinajstić information content (AvgIpc) is 2.73. The molecule has 1 aromatic heterocycles. The van der Waals surface area contributed by atoms with Crippen LogP contribution in [-0.4, -0.2) is 10.8 Å². The minimum atomic E-state index is -0.377. The molecule has 0 saturated heterocycles. The summed E-state index contributed by atoms with van der Waals surface area (Å²) in [6.07, 6.45) is 6.90. The number of carbonyl (C=O) groups is 1. The number of oxazole rings is 1. The van der Waals surface area contributed by atoms with Crippen molar-refractivity contribution in [3.63, 3.8) is 0 Å². The van der Waals surface area contributed by atoms with Gasteiger partial charge in [0.1, 0.15) is 11.4 Å². The first-order valence-electron chi connectivity index (χ1n) is 5.09. The summed E-state index contributed by atoms with van der Waals surface area (Å²) in [5.41, 5.74) is 1.50. The number of ketones is 1. The summed E-state index contributed by atoms with van der Waals surface area (Å²) in [4.78, 5) is 15.9. The average molecular weight is 277 g/mol. The van der Waals surface area contributed by atoms with Gasteiger partial charge in [0, 0.05) is 0 Å². The van der Waals surface area contributed by atoms with Crippen molar-refractivity contribution in [3.05, 3.63) is 54.5 Å². The SMILES string of the molecule is O=C1C=CC=CC1c1nc2ccccc2o1.[Zn+2]. The molecule has 1 aliphatic carbocycles. The minimum Gasteiger partial charge on any atom is -0.440 e. The van der Waals surface area contributed by atoms with Crippen LogP contribution in [0.5, 0.6) is 0 Å². The van der Waals surface area contributed by atoms with Gasteiger partial charge in [-0.15, -0.1) is 0 Å². The molecule has 1 aromatic carbocycles. The molecule has 2 aromatic rings. The van der Waals surface area contributed by atoms with E-state index in [1.807, 2.05) is 30.3 Å². The summed E-state index contributed by atoms with van der Waals surface area (Å²) in [6.45, 7) is 0. The number of benzene rings is 1. The number of aromatic nitrogens is 1. The summed E-state index contributed by atoms with van der Waals surface area (Å²) < 4.78 is 5.56. The normalized spacial score (nSPS) is 18.4. The number of hydrogen-bond donors (Lipinski definition) is 0. The topological polar surface area (TPSA) is 43.1 Å². The number of hydrogen-bond acceptors (Lipinski definition) is 3. The zero-order chi connectivity index (χ0) is 11.0. The van der Waals surface area contributed by atoms with E-state index in [9.17, 15) is 4.79 Å². The van der Waals surface area contributed by atoms with E-state index in [1.165, 1.54) is 0 Å². The molecule has 0 saturated carbocycles. The first-order valence-corrected chi connectivity index (χ1v) is 5.09. The van der Waals surface area contributed by atoms with Gasteiger partial charge in [-0.2, -0.15) is 0 Å². The zero-order valence-corrected chi connectivity index (χ0v) is 12.1. The molecule has 17 heavy (non-hydrogen) atoms. The third-order valence-electron chi connectivity index (χ3n) is 2.56. The molecule has 0 spiro atoms. The van der Waals surface area contributed by atoms with E-state index in [0.717, 1.165) is 5.52 Å². The van der Waals surface area contributed by atoms with Crippen molar-refractivity contribution in [1.82, 2.24) is 4.98 Å². The molecular formula is C13H9NO2Zn+2. The Balaban J connectivity index is 0.00000108. The van der Waals surface area contributed by atoms with Crippen molar-refractivity contribution in [3.8, 4) is 0 Å². The monoisotopic (exact) mass is 275 g/mol. The van der Waals surface area contributed by atoms with Crippen LogP contribution in [0.3, 0.4) is 0 Å². The number of carbonyl (C=O) groups excluding carboxylic acids is 1. The fourth-order valence-corrected chi connectivity index (χ4v) is 1.75. The van der Waals surface area contributed by atoms with Crippen LogP contribution in [0.2, 0.25) is 0 Å². The van der Waals surface area contributed by atoms with Gasteiger partial charge in [-0.3, -0.25) is 4.79 Å². The Labute approximate surface area is 111 Å². The van der Waals surface area contributed by atoms with Gasteiger partial charge in [0.2, 0.25) is 5.89 Å². The van der Waals surface area contributed by atoms with Crippen molar-refractivity contribution < 1.29 is 28.7 Å². The Morgan fingerprint density at radius 2 is 2.00 bits per heavy atom. The predicted molar refractivity (Wildman–Crippen MR) is 60.0 cm³/mol. The van der Waals surface area contributed by atoms with Gasteiger partial charge in [-0.05, 0) is 18.2 Å². The van der Waals surface area contributed by atoms with Crippen LogP contribution in [-0.2, 0) is 24.3 Å². The second-order valence-corrected chi connectivity index (χ2v) is 3.64. The van der Waals surface area contributed by atoms with E-state index in [-0.39, 0.29) is 31.2 Å². The summed E-state index contributed by atoms with van der Waals surface area (Å²) in [5.74, 6) is 0.0956. The van der Waals surface area contributed by atoms with Crippen molar-refractivity contribution in [2.45, 2.75) is 5.92 Å². The molecule has 0 fully saturated rings. The van der Waals surface area contributed by atoms with Gasteiger partial charge in [0.15, 0.2) is 11.4 Å². The van der Waals surface area contributed by atoms with Crippen LogP contribution >= 0.6 is 0 Å². The van der Waals surface area contributed by atoms with Crippen molar-refractivity contribution in [2.24, 2.45) is 0 Å². The molecule has 1 aliphatic rings. The van der Waals surface area contributed by atoms with Crippen molar-refractivity contribution in [2.75, 3.05) is 0 Å². The molecule has 0 radical (unpaired) electrons. The number of rotatable bonds is 1. The molecular weight excluding hydrogens is 268 g/mol. The Morgan fingerprint density at radius 3 is 2.76 bits per heavy atom. The maximum Gasteiger partial charge on any atom is 2.00 e. The fourth-order valence-electron chi connectivity index (χ4n) is 1.75. The molecule has 3 rings (SSSR count). The first-order chi connectivity index (χ1) is 7.84. The molecule has 4 heteroatoms. The van der Waals surface area contributed by atoms with Crippen LogP contribution in [0.1, 0.15) is 11.8 Å². The van der Waals surface area contributed by atoms with Crippen LogP contribution in [0.15, 0.2) is 53.0 Å². The van der Waals surface area contributed by atoms with Crippen molar-refractivity contribution in [1.29, 1.82) is 0 Å². The minimum absolute atomic E-state index is 0. The third-order valence-corrected chi connectivity index (χ3v) is 2.56. The smallest absolute Gasteiger partial charge is 0.440 e. The first kappa shape index (κ1) is 11.9.